The molecule has 2 heterocycles. The first-order chi connectivity index (χ1) is 15.3. The summed E-state index contributed by atoms with van der Waals surface area (Å²) in [7, 11) is 0. The molecule has 2 aliphatic heterocycles. The van der Waals surface area contributed by atoms with Crippen molar-refractivity contribution in [2.24, 2.45) is 5.10 Å². The molecule has 0 saturated carbocycles. The van der Waals surface area contributed by atoms with Gasteiger partial charge in [-0.15, -0.1) is 0 Å². The van der Waals surface area contributed by atoms with Crippen LogP contribution in [0.15, 0.2) is 47.6 Å². The average Bonchev–Trinajstić information content (AvgIpc) is 3.22. The summed E-state index contributed by atoms with van der Waals surface area (Å²) in [4.78, 5) is 28.7. The number of hydrogen-bond donors (Lipinski definition) is 0. The lowest BCUT2D eigenvalue weighted by Crippen LogP contribution is -2.50. The topological polar surface area (TPSA) is 56.2 Å². The molecule has 2 aromatic carbocycles. The zero-order valence-corrected chi connectivity index (χ0v) is 18.8. The van der Waals surface area contributed by atoms with Gasteiger partial charge in [-0.1, -0.05) is 24.3 Å². The Morgan fingerprint density at radius 3 is 2.44 bits per heavy atom. The molecule has 6 nitrogen and oxygen atoms in total. The molecule has 4 rings (SSSR count). The van der Waals surface area contributed by atoms with E-state index >= 15 is 0 Å². The Morgan fingerprint density at radius 1 is 1.03 bits per heavy atom. The second-order valence-electron chi connectivity index (χ2n) is 8.64. The maximum atomic E-state index is 14.0. The molecule has 0 radical (unpaired) electrons. The van der Waals surface area contributed by atoms with Crippen LogP contribution in [0.3, 0.4) is 0 Å². The maximum absolute atomic E-state index is 14.0. The number of benzene rings is 2. The summed E-state index contributed by atoms with van der Waals surface area (Å²) >= 11 is 0. The Balaban J connectivity index is 1.56. The highest BCUT2D eigenvalue weighted by Gasteiger charge is 2.34. The molecule has 7 heteroatoms. The SMILES string of the molecule is CC(=O)N1CCN(CC(=O)N2N=C(c3ccc(C)c(C)c3)CC2c2cccc(F)c2)CC1. The first-order valence-corrected chi connectivity index (χ1v) is 11.0. The summed E-state index contributed by atoms with van der Waals surface area (Å²) in [5.74, 6) is -0.381. The van der Waals surface area contributed by atoms with Crippen molar-refractivity contribution in [3.63, 3.8) is 0 Å². The van der Waals surface area contributed by atoms with Crippen LogP contribution in [0.1, 0.15) is 41.6 Å². The van der Waals surface area contributed by atoms with Gasteiger partial charge in [-0.05, 0) is 54.3 Å². The number of carbonyl (C=O) groups is 2. The molecule has 2 aliphatic rings. The molecule has 168 valence electrons. The lowest BCUT2D eigenvalue weighted by Gasteiger charge is -2.34. The lowest BCUT2D eigenvalue weighted by atomic mass is 9.96. The summed E-state index contributed by atoms with van der Waals surface area (Å²) < 4.78 is 14.0. The highest BCUT2D eigenvalue weighted by molar-refractivity contribution is 6.03. The molecular weight excluding hydrogens is 407 g/mol. The summed E-state index contributed by atoms with van der Waals surface area (Å²) in [6.07, 6.45) is 0.538. The Labute approximate surface area is 188 Å². The second-order valence-corrected chi connectivity index (χ2v) is 8.64. The van der Waals surface area contributed by atoms with E-state index in [1.54, 1.807) is 17.9 Å². The fourth-order valence-corrected chi connectivity index (χ4v) is 4.29. The normalized spacial score (nSPS) is 19.2. The van der Waals surface area contributed by atoms with Gasteiger partial charge in [0.25, 0.3) is 5.91 Å². The molecule has 0 spiro atoms. The van der Waals surface area contributed by atoms with Crippen LogP contribution < -0.4 is 0 Å². The Kier molecular flexibility index (Phi) is 6.37. The van der Waals surface area contributed by atoms with Crippen molar-refractivity contribution in [2.75, 3.05) is 32.7 Å². The van der Waals surface area contributed by atoms with Crippen LogP contribution in [0.25, 0.3) is 0 Å². The fourth-order valence-electron chi connectivity index (χ4n) is 4.29. The van der Waals surface area contributed by atoms with Gasteiger partial charge in [0.2, 0.25) is 5.91 Å². The second kappa shape index (κ2) is 9.20. The molecule has 1 saturated heterocycles. The first kappa shape index (κ1) is 22.1. The van der Waals surface area contributed by atoms with Crippen LogP contribution in [-0.2, 0) is 9.59 Å². The van der Waals surface area contributed by atoms with E-state index in [0.717, 1.165) is 16.8 Å². The van der Waals surface area contributed by atoms with E-state index in [-0.39, 0.29) is 30.2 Å². The van der Waals surface area contributed by atoms with Crippen LogP contribution in [0.5, 0.6) is 0 Å². The molecule has 2 aromatic rings. The quantitative estimate of drug-likeness (QED) is 0.739. The molecule has 0 bridgehead atoms. The third-order valence-electron chi connectivity index (χ3n) is 6.42. The van der Waals surface area contributed by atoms with Gasteiger partial charge in [0.15, 0.2) is 0 Å². The number of piperazine rings is 1. The van der Waals surface area contributed by atoms with E-state index in [2.05, 4.69) is 26.0 Å². The van der Waals surface area contributed by atoms with Gasteiger partial charge < -0.3 is 4.90 Å². The van der Waals surface area contributed by atoms with E-state index < -0.39 is 0 Å². The number of hydrogen-bond acceptors (Lipinski definition) is 4. The molecule has 1 unspecified atom stereocenters. The maximum Gasteiger partial charge on any atom is 0.257 e. The predicted molar refractivity (Wildman–Crippen MR) is 122 cm³/mol. The van der Waals surface area contributed by atoms with Crippen LogP contribution >= 0.6 is 0 Å². The monoisotopic (exact) mass is 436 g/mol. The van der Waals surface area contributed by atoms with Crippen LogP contribution in [-0.4, -0.2) is 65.1 Å². The Hall–Kier alpha value is -3.06. The van der Waals surface area contributed by atoms with Crippen molar-refractivity contribution in [1.82, 2.24) is 14.8 Å². The minimum Gasteiger partial charge on any atom is -0.340 e. The standard InChI is InChI=1S/C25H29FN4O2/c1-17-7-8-20(13-18(17)2)23-15-24(21-5-4-6-22(26)14-21)30(27-23)25(32)16-28-9-11-29(12-10-28)19(3)31/h4-8,13-14,24H,9-12,15-16H2,1-3H3. The van der Waals surface area contributed by atoms with Crippen LogP contribution in [0.2, 0.25) is 0 Å². The lowest BCUT2D eigenvalue weighted by molar-refractivity contribution is -0.135. The van der Waals surface area contributed by atoms with Gasteiger partial charge in [0.05, 0.1) is 18.3 Å². The van der Waals surface area contributed by atoms with Gasteiger partial charge in [0.1, 0.15) is 5.82 Å². The van der Waals surface area contributed by atoms with E-state index in [1.807, 2.05) is 17.0 Å². The van der Waals surface area contributed by atoms with Gasteiger partial charge >= 0.3 is 0 Å². The van der Waals surface area contributed by atoms with E-state index in [9.17, 15) is 14.0 Å². The molecule has 0 aliphatic carbocycles. The van der Waals surface area contributed by atoms with Crippen molar-refractivity contribution < 1.29 is 14.0 Å². The number of hydrazone groups is 1. The summed E-state index contributed by atoms with van der Waals surface area (Å²) in [6, 6.07) is 12.2. The van der Waals surface area contributed by atoms with Gasteiger partial charge in [0, 0.05) is 39.5 Å². The first-order valence-electron chi connectivity index (χ1n) is 11.0. The van der Waals surface area contributed by atoms with Crippen LogP contribution in [0.4, 0.5) is 4.39 Å². The van der Waals surface area contributed by atoms with Gasteiger partial charge in [-0.25, -0.2) is 9.40 Å². The molecule has 1 fully saturated rings. The van der Waals surface area contributed by atoms with Crippen molar-refractivity contribution in [3.05, 3.63) is 70.5 Å². The summed E-state index contributed by atoms with van der Waals surface area (Å²) in [5, 5.41) is 6.24. The highest BCUT2D eigenvalue weighted by Crippen LogP contribution is 2.33. The number of aryl methyl sites for hydroxylation is 2. The molecule has 32 heavy (non-hydrogen) atoms. The van der Waals surface area contributed by atoms with Crippen molar-refractivity contribution >= 4 is 17.5 Å². The molecule has 2 amide bonds. The van der Waals surface area contributed by atoms with E-state index in [0.29, 0.717) is 32.6 Å². The van der Waals surface area contributed by atoms with Crippen LogP contribution in [0, 0.1) is 19.7 Å². The molecular formula is C25H29FN4O2. The predicted octanol–water partition coefficient (Wildman–Crippen LogP) is 3.28. The van der Waals surface area contributed by atoms with E-state index in [4.69, 9.17) is 5.10 Å². The minimum absolute atomic E-state index is 0.0596. The molecule has 0 aromatic heterocycles. The third kappa shape index (κ3) is 4.72. The molecule has 1 atom stereocenters. The van der Waals surface area contributed by atoms with Gasteiger partial charge in [-0.3, -0.25) is 14.5 Å². The summed E-state index contributed by atoms with van der Waals surface area (Å²) in [5.41, 5.74) is 4.92. The smallest absolute Gasteiger partial charge is 0.257 e. The average molecular weight is 437 g/mol. The summed E-state index contributed by atoms with van der Waals surface area (Å²) in [6.45, 7) is 8.45. The van der Waals surface area contributed by atoms with Gasteiger partial charge in [-0.2, -0.15) is 5.10 Å². The largest absolute Gasteiger partial charge is 0.340 e. The van der Waals surface area contributed by atoms with Crippen molar-refractivity contribution in [2.45, 2.75) is 33.2 Å². The number of rotatable bonds is 4. The zero-order valence-electron chi connectivity index (χ0n) is 18.8. The Morgan fingerprint density at radius 2 is 1.78 bits per heavy atom. The third-order valence-corrected chi connectivity index (χ3v) is 6.42. The zero-order chi connectivity index (χ0) is 22.8. The van der Waals surface area contributed by atoms with Crippen molar-refractivity contribution in [1.29, 1.82) is 0 Å². The highest BCUT2D eigenvalue weighted by atomic mass is 19.1. The number of nitrogens with zero attached hydrogens (tertiary/aromatic N) is 4. The van der Waals surface area contributed by atoms with Crippen molar-refractivity contribution in [3.8, 4) is 0 Å². The van der Waals surface area contributed by atoms with E-state index in [1.165, 1.54) is 28.3 Å². The number of carbonyl (C=O) groups excluding carboxylic acids is 2. The number of halogens is 1. The molecule has 0 N–H and O–H groups in total. The fraction of sp³-hybridized carbons (Fsp3) is 0.400. The minimum atomic E-state index is -0.340. The Bertz CT molecular complexity index is 1060. The number of amides is 2.